The molecule has 0 spiro atoms. The average Bonchev–Trinajstić information content (AvgIpc) is 2.89. The summed E-state index contributed by atoms with van der Waals surface area (Å²) < 4.78 is 0. The Balaban J connectivity index is 1.54. The minimum Gasteiger partial charge on any atom is -0.343 e. The standard InChI is InChI=1S/C20H26ClN3O3/c1-12-10-15(11-13(2)17(12)21)14-5-8-24(9-6-14)16(25)4-7-20(3)18(26)22-19(27)23-20/h10-11,14H,4-9H2,1-3H3,(H2,22,23,26,27)/t20-/m1/s1. The van der Waals surface area contributed by atoms with Crippen LogP contribution in [-0.4, -0.2) is 41.4 Å². The SMILES string of the molecule is Cc1cc(C2CCN(C(=O)CC[C@@]3(C)NC(=O)NC3=O)CC2)cc(C)c1Cl. The molecule has 2 aliphatic heterocycles. The van der Waals surface area contributed by atoms with Gasteiger partial charge in [-0.2, -0.15) is 0 Å². The fraction of sp³-hybridized carbons (Fsp3) is 0.550. The maximum atomic E-state index is 12.5. The maximum absolute atomic E-state index is 12.5. The molecule has 6 nitrogen and oxygen atoms in total. The van der Waals surface area contributed by atoms with E-state index in [4.69, 9.17) is 11.6 Å². The number of urea groups is 1. The first kappa shape index (κ1) is 19.7. The predicted molar refractivity (Wildman–Crippen MR) is 104 cm³/mol. The highest BCUT2D eigenvalue weighted by atomic mass is 35.5. The fourth-order valence-electron chi connectivity index (χ4n) is 3.95. The third-order valence-corrected chi connectivity index (χ3v) is 6.33. The molecule has 7 heteroatoms. The summed E-state index contributed by atoms with van der Waals surface area (Å²) in [6.45, 7) is 7.11. The van der Waals surface area contributed by atoms with Gasteiger partial charge in [0.05, 0.1) is 0 Å². The van der Waals surface area contributed by atoms with Crippen molar-refractivity contribution in [3.8, 4) is 0 Å². The van der Waals surface area contributed by atoms with Gasteiger partial charge in [0.1, 0.15) is 5.54 Å². The Morgan fingerprint density at radius 2 is 1.81 bits per heavy atom. The molecule has 1 atom stereocenters. The second-order valence-corrected chi connectivity index (χ2v) is 8.24. The molecular formula is C20H26ClN3O3. The van der Waals surface area contributed by atoms with Crippen molar-refractivity contribution < 1.29 is 14.4 Å². The van der Waals surface area contributed by atoms with Crippen LogP contribution in [-0.2, 0) is 9.59 Å². The van der Waals surface area contributed by atoms with Gasteiger partial charge in [0.25, 0.3) is 5.91 Å². The summed E-state index contributed by atoms with van der Waals surface area (Å²) in [4.78, 5) is 37.6. The van der Waals surface area contributed by atoms with Gasteiger partial charge in [-0.3, -0.25) is 14.9 Å². The number of likely N-dealkylation sites (tertiary alicyclic amines) is 1. The summed E-state index contributed by atoms with van der Waals surface area (Å²) in [6.07, 6.45) is 2.38. The van der Waals surface area contributed by atoms with Gasteiger partial charge in [-0.05, 0) is 62.6 Å². The quantitative estimate of drug-likeness (QED) is 0.774. The van der Waals surface area contributed by atoms with E-state index in [1.807, 2.05) is 18.7 Å². The van der Waals surface area contributed by atoms with Crippen molar-refractivity contribution in [1.29, 1.82) is 0 Å². The minimum absolute atomic E-state index is 0.0343. The van der Waals surface area contributed by atoms with Crippen molar-refractivity contribution in [3.63, 3.8) is 0 Å². The molecule has 4 amide bonds. The Morgan fingerprint density at radius 1 is 1.22 bits per heavy atom. The molecule has 0 aromatic heterocycles. The number of benzene rings is 1. The summed E-state index contributed by atoms with van der Waals surface area (Å²) >= 11 is 6.26. The van der Waals surface area contributed by atoms with Crippen molar-refractivity contribution in [2.75, 3.05) is 13.1 Å². The van der Waals surface area contributed by atoms with Gasteiger partial charge in [0, 0.05) is 24.5 Å². The third-order valence-electron chi connectivity index (χ3n) is 5.73. The maximum Gasteiger partial charge on any atom is 0.322 e. The summed E-state index contributed by atoms with van der Waals surface area (Å²) in [5.74, 6) is 0.0979. The van der Waals surface area contributed by atoms with Gasteiger partial charge in [-0.25, -0.2) is 4.79 Å². The lowest BCUT2D eigenvalue weighted by atomic mass is 9.87. The van der Waals surface area contributed by atoms with E-state index in [0.717, 1.165) is 29.0 Å². The Morgan fingerprint density at radius 3 is 2.33 bits per heavy atom. The number of aryl methyl sites for hydroxylation is 2. The predicted octanol–water partition coefficient (Wildman–Crippen LogP) is 3.04. The molecule has 2 saturated heterocycles. The van der Waals surface area contributed by atoms with E-state index < -0.39 is 11.6 Å². The molecule has 2 fully saturated rings. The monoisotopic (exact) mass is 391 g/mol. The molecule has 2 aliphatic rings. The van der Waals surface area contributed by atoms with Crippen LogP contribution < -0.4 is 10.6 Å². The minimum atomic E-state index is -0.997. The lowest BCUT2D eigenvalue weighted by Gasteiger charge is -2.33. The first-order valence-electron chi connectivity index (χ1n) is 9.37. The van der Waals surface area contributed by atoms with Gasteiger partial charge in [-0.1, -0.05) is 23.7 Å². The highest BCUT2D eigenvalue weighted by molar-refractivity contribution is 6.32. The van der Waals surface area contributed by atoms with Crippen LogP contribution in [0.4, 0.5) is 4.79 Å². The number of amides is 4. The van der Waals surface area contributed by atoms with Crippen LogP contribution in [0, 0.1) is 13.8 Å². The molecular weight excluding hydrogens is 366 g/mol. The van der Waals surface area contributed by atoms with Gasteiger partial charge in [0.15, 0.2) is 0 Å². The zero-order valence-electron chi connectivity index (χ0n) is 16.0. The second-order valence-electron chi connectivity index (χ2n) is 7.86. The molecule has 2 N–H and O–H groups in total. The zero-order valence-corrected chi connectivity index (χ0v) is 16.8. The van der Waals surface area contributed by atoms with E-state index >= 15 is 0 Å². The molecule has 0 saturated carbocycles. The van der Waals surface area contributed by atoms with E-state index in [1.54, 1.807) is 6.92 Å². The number of hydrogen-bond donors (Lipinski definition) is 2. The number of nitrogens with one attached hydrogen (secondary N) is 2. The van der Waals surface area contributed by atoms with Crippen LogP contribution >= 0.6 is 11.6 Å². The highest BCUT2D eigenvalue weighted by Crippen LogP contribution is 2.32. The molecule has 27 heavy (non-hydrogen) atoms. The Hall–Kier alpha value is -2.08. The van der Waals surface area contributed by atoms with E-state index in [2.05, 4.69) is 22.8 Å². The summed E-state index contributed by atoms with van der Waals surface area (Å²) in [6, 6.07) is 3.81. The zero-order chi connectivity index (χ0) is 19.8. The molecule has 1 aromatic rings. The Labute approximate surface area is 164 Å². The lowest BCUT2D eigenvalue weighted by Crippen LogP contribution is -2.45. The summed E-state index contributed by atoms with van der Waals surface area (Å²) in [5.41, 5.74) is 2.48. The van der Waals surface area contributed by atoms with Crippen molar-refractivity contribution in [3.05, 3.63) is 33.8 Å². The second kappa shape index (κ2) is 7.50. The molecule has 0 unspecified atom stereocenters. The summed E-state index contributed by atoms with van der Waals surface area (Å²) in [7, 11) is 0. The van der Waals surface area contributed by atoms with Crippen molar-refractivity contribution in [1.82, 2.24) is 15.5 Å². The van der Waals surface area contributed by atoms with E-state index in [-0.39, 0.29) is 18.2 Å². The van der Waals surface area contributed by atoms with Crippen LogP contribution in [0.25, 0.3) is 0 Å². The lowest BCUT2D eigenvalue weighted by molar-refractivity contribution is -0.133. The fourth-order valence-corrected chi connectivity index (χ4v) is 4.06. The Bertz CT molecular complexity index is 764. The average molecular weight is 392 g/mol. The molecule has 2 heterocycles. The number of carbonyl (C=O) groups excluding carboxylic acids is 3. The van der Waals surface area contributed by atoms with E-state index in [1.165, 1.54) is 5.56 Å². The number of piperidine rings is 1. The van der Waals surface area contributed by atoms with Gasteiger partial charge in [-0.15, -0.1) is 0 Å². The molecule has 1 aromatic carbocycles. The van der Waals surface area contributed by atoms with Crippen molar-refractivity contribution >= 4 is 29.4 Å². The smallest absolute Gasteiger partial charge is 0.322 e. The third kappa shape index (κ3) is 4.10. The van der Waals surface area contributed by atoms with Crippen LogP contribution in [0.3, 0.4) is 0 Å². The first-order chi connectivity index (χ1) is 12.7. The van der Waals surface area contributed by atoms with Gasteiger partial charge in [0.2, 0.25) is 5.91 Å². The van der Waals surface area contributed by atoms with Gasteiger partial charge >= 0.3 is 6.03 Å². The van der Waals surface area contributed by atoms with Crippen LogP contribution in [0.5, 0.6) is 0 Å². The van der Waals surface area contributed by atoms with Crippen LogP contribution in [0.1, 0.15) is 55.2 Å². The largest absolute Gasteiger partial charge is 0.343 e. The molecule has 146 valence electrons. The van der Waals surface area contributed by atoms with Crippen LogP contribution in [0.15, 0.2) is 12.1 Å². The highest BCUT2D eigenvalue weighted by Gasteiger charge is 2.42. The normalized spacial score (nSPS) is 23.3. The molecule has 3 rings (SSSR count). The van der Waals surface area contributed by atoms with E-state index in [0.29, 0.717) is 25.4 Å². The van der Waals surface area contributed by atoms with Gasteiger partial charge < -0.3 is 10.2 Å². The number of carbonyl (C=O) groups is 3. The summed E-state index contributed by atoms with van der Waals surface area (Å²) in [5, 5.41) is 5.65. The van der Waals surface area contributed by atoms with Crippen molar-refractivity contribution in [2.24, 2.45) is 0 Å². The first-order valence-corrected chi connectivity index (χ1v) is 9.75. The number of rotatable bonds is 4. The van der Waals surface area contributed by atoms with Crippen LogP contribution in [0.2, 0.25) is 5.02 Å². The van der Waals surface area contributed by atoms with Crippen molar-refractivity contribution in [2.45, 2.75) is 57.9 Å². The Kier molecular flexibility index (Phi) is 5.47. The molecule has 0 radical (unpaired) electrons. The molecule has 0 aliphatic carbocycles. The number of nitrogens with zero attached hydrogens (tertiary/aromatic N) is 1. The number of halogens is 1. The molecule has 0 bridgehead atoms. The number of hydrogen-bond acceptors (Lipinski definition) is 3. The number of imide groups is 1. The van der Waals surface area contributed by atoms with E-state index in [9.17, 15) is 14.4 Å². The topological polar surface area (TPSA) is 78.5 Å².